The van der Waals surface area contributed by atoms with E-state index in [1.807, 2.05) is 0 Å². The van der Waals surface area contributed by atoms with Crippen molar-refractivity contribution in [2.75, 3.05) is 14.2 Å². The van der Waals surface area contributed by atoms with E-state index < -0.39 is 39.7 Å². The Morgan fingerprint density at radius 3 is 1.90 bits per heavy atom. The van der Waals surface area contributed by atoms with Gasteiger partial charge in [0.2, 0.25) is 6.04 Å². The fraction of sp³-hybridized carbons (Fsp3) is 0.263. The van der Waals surface area contributed by atoms with Gasteiger partial charge in [-0.25, -0.2) is 0 Å². The Morgan fingerprint density at radius 1 is 0.862 bits per heavy atom. The number of hydrogen-bond donors (Lipinski definition) is 0. The van der Waals surface area contributed by atoms with E-state index in [1.165, 1.54) is 30.3 Å². The van der Waals surface area contributed by atoms with Crippen molar-refractivity contribution in [1.29, 1.82) is 0 Å². The van der Waals surface area contributed by atoms with Crippen molar-refractivity contribution >= 4 is 17.6 Å². The zero-order valence-corrected chi connectivity index (χ0v) is 15.6. The Kier molecular flexibility index (Phi) is 6.96. The van der Waals surface area contributed by atoms with E-state index in [1.54, 1.807) is 18.2 Å². The second-order valence-electron chi connectivity index (χ2n) is 6.04. The molecule has 0 saturated carbocycles. The Hall–Kier alpha value is -3.82. The molecule has 0 heterocycles. The average Bonchev–Trinajstić information content (AvgIpc) is 2.73. The van der Waals surface area contributed by atoms with E-state index in [-0.39, 0.29) is 16.8 Å². The summed E-state index contributed by atoms with van der Waals surface area (Å²) in [5.41, 5.74) is -0.0616. The van der Waals surface area contributed by atoms with E-state index in [2.05, 4.69) is 9.47 Å². The van der Waals surface area contributed by atoms with Crippen LogP contribution in [0.5, 0.6) is 0 Å². The van der Waals surface area contributed by atoms with Gasteiger partial charge < -0.3 is 9.47 Å². The lowest BCUT2D eigenvalue weighted by molar-refractivity contribution is -0.534. The molecule has 0 bridgehead atoms. The molecule has 0 saturated heterocycles. The summed E-state index contributed by atoms with van der Waals surface area (Å²) in [6.45, 7) is 0. The summed E-state index contributed by atoms with van der Waals surface area (Å²) in [5, 5.41) is 23.2. The number of methoxy groups -OCH3 is 2. The van der Waals surface area contributed by atoms with Gasteiger partial charge in [-0.05, 0) is 5.56 Å². The number of nitro benzene ring substituents is 1. The lowest BCUT2D eigenvalue weighted by atomic mass is 9.77. The highest BCUT2D eigenvalue weighted by Crippen LogP contribution is 2.41. The first-order valence-electron chi connectivity index (χ1n) is 8.40. The minimum absolute atomic E-state index is 0.0607. The molecule has 152 valence electrons. The number of nitrogens with zero attached hydrogens (tertiary/aromatic N) is 2. The van der Waals surface area contributed by atoms with Gasteiger partial charge in [0.25, 0.3) is 5.69 Å². The highest BCUT2D eigenvalue weighted by atomic mass is 16.6. The van der Waals surface area contributed by atoms with Crippen molar-refractivity contribution in [3.63, 3.8) is 0 Å². The van der Waals surface area contributed by atoms with E-state index in [0.29, 0.717) is 0 Å². The van der Waals surface area contributed by atoms with Gasteiger partial charge >= 0.3 is 11.9 Å². The molecule has 0 spiro atoms. The molecule has 0 aromatic heterocycles. The number of benzene rings is 2. The lowest BCUT2D eigenvalue weighted by Gasteiger charge is -2.26. The topological polar surface area (TPSA) is 139 Å². The van der Waals surface area contributed by atoms with E-state index >= 15 is 0 Å². The van der Waals surface area contributed by atoms with Gasteiger partial charge in [0.1, 0.15) is 0 Å². The Labute approximate surface area is 165 Å². The molecule has 0 radical (unpaired) electrons. The van der Waals surface area contributed by atoms with Crippen LogP contribution < -0.4 is 0 Å². The largest absolute Gasteiger partial charge is 0.468 e. The zero-order valence-electron chi connectivity index (χ0n) is 15.6. The molecule has 10 heteroatoms. The quantitative estimate of drug-likeness (QED) is 0.284. The smallest absolute Gasteiger partial charge is 0.320 e. The average molecular weight is 402 g/mol. The number of ether oxygens (including phenoxy) is 2. The zero-order chi connectivity index (χ0) is 21.6. The van der Waals surface area contributed by atoms with E-state index in [0.717, 1.165) is 20.3 Å². The first kappa shape index (κ1) is 21.5. The third-order valence-electron chi connectivity index (χ3n) is 4.44. The van der Waals surface area contributed by atoms with Gasteiger partial charge in [0, 0.05) is 22.6 Å². The van der Waals surface area contributed by atoms with Crippen molar-refractivity contribution in [2.24, 2.45) is 5.92 Å². The maximum absolute atomic E-state index is 12.4. The normalized spacial score (nSPS) is 12.7. The van der Waals surface area contributed by atoms with Gasteiger partial charge in [0.15, 0.2) is 5.92 Å². The molecule has 0 aliphatic carbocycles. The second-order valence-corrected chi connectivity index (χ2v) is 6.04. The van der Waals surface area contributed by atoms with Gasteiger partial charge in [-0.15, -0.1) is 0 Å². The summed E-state index contributed by atoms with van der Waals surface area (Å²) >= 11 is 0. The number of esters is 2. The van der Waals surface area contributed by atoms with Gasteiger partial charge in [-0.2, -0.15) is 0 Å². The monoisotopic (exact) mass is 402 g/mol. The first-order chi connectivity index (χ1) is 13.8. The fourth-order valence-electron chi connectivity index (χ4n) is 3.16. The summed E-state index contributed by atoms with van der Waals surface area (Å²) < 4.78 is 9.37. The van der Waals surface area contributed by atoms with Crippen molar-refractivity contribution in [2.45, 2.75) is 12.0 Å². The summed E-state index contributed by atoms with van der Waals surface area (Å²) in [4.78, 5) is 46.8. The number of rotatable bonds is 8. The van der Waals surface area contributed by atoms with Gasteiger partial charge in [-0.1, -0.05) is 42.5 Å². The molecule has 29 heavy (non-hydrogen) atoms. The van der Waals surface area contributed by atoms with Crippen LogP contribution in [0.1, 0.15) is 23.1 Å². The minimum Gasteiger partial charge on any atom is -0.468 e. The highest BCUT2D eigenvalue weighted by Gasteiger charge is 2.48. The molecule has 0 N–H and O–H groups in total. The Morgan fingerprint density at radius 2 is 1.41 bits per heavy atom. The maximum Gasteiger partial charge on any atom is 0.320 e. The van der Waals surface area contributed by atoms with Crippen molar-refractivity contribution in [1.82, 2.24) is 0 Å². The lowest BCUT2D eigenvalue weighted by Crippen LogP contribution is -2.37. The molecule has 0 fully saturated rings. The molecule has 10 nitrogen and oxygen atoms in total. The third kappa shape index (κ3) is 4.72. The predicted molar refractivity (Wildman–Crippen MR) is 99.5 cm³/mol. The Bertz CT molecular complexity index is 899. The Balaban J connectivity index is 2.77. The van der Waals surface area contributed by atoms with Crippen molar-refractivity contribution in [3.05, 3.63) is 86.0 Å². The minimum atomic E-state index is -1.71. The van der Waals surface area contributed by atoms with Gasteiger partial charge in [0.05, 0.1) is 25.1 Å². The van der Waals surface area contributed by atoms with E-state index in [9.17, 15) is 29.8 Å². The van der Waals surface area contributed by atoms with Crippen LogP contribution in [0.25, 0.3) is 0 Å². The van der Waals surface area contributed by atoms with Crippen LogP contribution in [0.4, 0.5) is 5.69 Å². The number of carbonyl (C=O) groups excluding carboxylic acids is 2. The summed E-state index contributed by atoms with van der Waals surface area (Å²) in [6, 6.07) is 11.2. The molecule has 2 atom stereocenters. The van der Waals surface area contributed by atoms with Crippen LogP contribution >= 0.6 is 0 Å². The number of non-ortho nitro benzene ring substituents is 1. The summed E-state index contributed by atoms with van der Waals surface area (Å²) in [7, 11) is 2.07. The first-order valence-corrected chi connectivity index (χ1v) is 8.40. The van der Waals surface area contributed by atoms with Crippen LogP contribution in [-0.2, 0) is 19.1 Å². The molecule has 0 aliphatic heterocycles. The van der Waals surface area contributed by atoms with Gasteiger partial charge in [-0.3, -0.25) is 29.8 Å². The van der Waals surface area contributed by atoms with Crippen LogP contribution in [0.15, 0.2) is 54.6 Å². The molecule has 0 amide bonds. The molecule has 0 unspecified atom stereocenters. The number of carbonyl (C=O) groups is 2. The summed E-state index contributed by atoms with van der Waals surface area (Å²) in [5.74, 6) is -5.21. The summed E-state index contributed by atoms with van der Waals surface area (Å²) in [6.07, 6.45) is 0. The third-order valence-corrected chi connectivity index (χ3v) is 4.44. The molecule has 2 aromatic carbocycles. The maximum atomic E-state index is 12.4. The molecular weight excluding hydrogens is 384 g/mol. The molecular formula is C19H18N2O8. The number of nitro groups is 2. The molecule has 2 rings (SSSR count). The fourth-order valence-corrected chi connectivity index (χ4v) is 3.16. The van der Waals surface area contributed by atoms with Crippen molar-refractivity contribution in [3.8, 4) is 0 Å². The van der Waals surface area contributed by atoms with Crippen LogP contribution in [0.3, 0.4) is 0 Å². The predicted octanol–water partition coefficient (Wildman–Crippen LogP) is 2.66. The highest BCUT2D eigenvalue weighted by molar-refractivity contribution is 5.96. The molecule has 0 aliphatic rings. The van der Waals surface area contributed by atoms with Crippen LogP contribution in [0, 0.1) is 26.1 Å². The van der Waals surface area contributed by atoms with Crippen LogP contribution in [-0.4, -0.2) is 36.0 Å². The number of hydrogen-bond acceptors (Lipinski definition) is 8. The standard InChI is InChI=1S/C19H18N2O8/c1-28-18(22)16(19(23)29-2)15(13-9-6-10-14(11-13)20(24)25)17(21(26)27)12-7-4-3-5-8-12/h3-11,15-17H,1-2H3/t15-,17+/m0/s1. The molecule has 2 aromatic rings. The van der Waals surface area contributed by atoms with Crippen molar-refractivity contribution < 1.29 is 28.9 Å². The second kappa shape index (κ2) is 9.40. The SMILES string of the molecule is COC(=O)C(C(=O)OC)[C@H](c1cccc([N+](=O)[O-])c1)[C@@H](c1ccccc1)[N+](=O)[O-]. The van der Waals surface area contributed by atoms with E-state index in [4.69, 9.17) is 0 Å². The van der Waals surface area contributed by atoms with Crippen LogP contribution in [0.2, 0.25) is 0 Å².